The number of nitrogens with zero attached hydrogens (tertiary/aromatic N) is 1. The van der Waals surface area contributed by atoms with Crippen LogP contribution in [0.25, 0.3) is 0 Å². The third kappa shape index (κ3) is 3.23. The van der Waals surface area contributed by atoms with Gasteiger partial charge in [0.05, 0.1) is 31.1 Å². The molecule has 0 aliphatic carbocycles. The molecule has 29 heavy (non-hydrogen) atoms. The lowest BCUT2D eigenvalue weighted by Gasteiger charge is -2.23. The number of carbonyl (C=O) groups is 4. The fourth-order valence-electron chi connectivity index (χ4n) is 4.42. The zero-order chi connectivity index (χ0) is 20.8. The summed E-state index contributed by atoms with van der Waals surface area (Å²) in [5.74, 6) is -2.63. The molecule has 3 aliphatic rings. The third-order valence-corrected chi connectivity index (χ3v) is 5.64. The van der Waals surface area contributed by atoms with Crippen molar-refractivity contribution >= 4 is 29.3 Å². The number of hydrogen-bond donors (Lipinski definition) is 1. The SMILES string of the molecule is CCOC(=O)CN1CC23C=C[C@H](O2)C(C(=O)Nc2cccc(C(C)=O)c2)[C@H]3C1=O. The van der Waals surface area contributed by atoms with Crippen LogP contribution < -0.4 is 5.32 Å². The second kappa shape index (κ2) is 7.11. The van der Waals surface area contributed by atoms with Crippen molar-refractivity contribution in [3.05, 3.63) is 42.0 Å². The molecule has 1 N–H and O–H groups in total. The van der Waals surface area contributed by atoms with Crippen LogP contribution in [-0.2, 0) is 23.9 Å². The number of likely N-dealkylation sites (tertiary alicyclic amines) is 1. The minimum Gasteiger partial charge on any atom is -0.465 e. The van der Waals surface area contributed by atoms with E-state index in [0.717, 1.165) is 0 Å². The largest absolute Gasteiger partial charge is 0.465 e. The first-order valence-corrected chi connectivity index (χ1v) is 9.58. The summed E-state index contributed by atoms with van der Waals surface area (Å²) < 4.78 is 11.0. The highest BCUT2D eigenvalue weighted by Crippen LogP contribution is 2.52. The Hall–Kier alpha value is -3.00. The number of ether oxygens (including phenoxy) is 2. The highest BCUT2D eigenvalue weighted by atomic mass is 16.5. The number of anilines is 1. The summed E-state index contributed by atoms with van der Waals surface area (Å²) in [7, 11) is 0. The first kappa shape index (κ1) is 19.3. The highest BCUT2D eigenvalue weighted by molar-refractivity contribution is 6.01. The van der Waals surface area contributed by atoms with Crippen LogP contribution in [0.15, 0.2) is 36.4 Å². The molecule has 2 saturated heterocycles. The summed E-state index contributed by atoms with van der Waals surface area (Å²) in [4.78, 5) is 50.8. The number of rotatable bonds is 6. The number of Topliss-reactive ketones (excluding diaryl/α,β-unsaturated/α-hetero) is 1. The van der Waals surface area contributed by atoms with Gasteiger partial charge in [-0.3, -0.25) is 19.2 Å². The Morgan fingerprint density at radius 3 is 2.86 bits per heavy atom. The van der Waals surface area contributed by atoms with E-state index in [2.05, 4.69) is 5.32 Å². The van der Waals surface area contributed by atoms with E-state index in [9.17, 15) is 19.2 Å². The zero-order valence-electron chi connectivity index (χ0n) is 16.2. The lowest BCUT2D eigenvalue weighted by Crippen LogP contribution is -2.41. The molecule has 4 rings (SSSR count). The van der Waals surface area contributed by atoms with Crippen LogP contribution in [0, 0.1) is 11.8 Å². The maximum Gasteiger partial charge on any atom is 0.325 e. The molecule has 2 bridgehead atoms. The first-order valence-electron chi connectivity index (χ1n) is 9.58. The Balaban J connectivity index is 1.53. The van der Waals surface area contributed by atoms with Gasteiger partial charge in [0.2, 0.25) is 11.8 Å². The summed E-state index contributed by atoms with van der Waals surface area (Å²) in [6.45, 7) is 3.44. The van der Waals surface area contributed by atoms with E-state index in [1.165, 1.54) is 11.8 Å². The molecule has 8 heteroatoms. The van der Waals surface area contributed by atoms with Crippen molar-refractivity contribution in [3.8, 4) is 0 Å². The van der Waals surface area contributed by atoms with Crippen molar-refractivity contribution in [2.24, 2.45) is 11.8 Å². The quantitative estimate of drug-likeness (QED) is 0.439. The molecule has 8 nitrogen and oxygen atoms in total. The van der Waals surface area contributed by atoms with Gasteiger partial charge in [-0.15, -0.1) is 0 Å². The molecule has 0 saturated carbocycles. The Kier molecular flexibility index (Phi) is 4.74. The fraction of sp³-hybridized carbons (Fsp3) is 0.429. The summed E-state index contributed by atoms with van der Waals surface area (Å²) >= 11 is 0. The predicted octanol–water partition coefficient (Wildman–Crippen LogP) is 1.17. The average molecular weight is 398 g/mol. The van der Waals surface area contributed by atoms with Gasteiger partial charge in [0.25, 0.3) is 0 Å². The minimum absolute atomic E-state index is 0.105. The van der Waals surface area contributed by atoms with Crippen molar-refractivity contribution in [2.45, 2.75) is 25.6 Å². The van der Waals surface area contributed by atoms with Crippen molar-refractivity contribution in [3.63, 3.8) is 0 Å². The molecule has 0 aromatic heterocycles. The van der Waals surface area contributed by atoms with Crippen LogP contribution in [0.5, 0.6) is 0 Å². The smallest absolute Gasteiger partial charge is 0.325 e. The summed E-state index contributed by atoms with van der Waals surface area (Å²) in [6.07, 6.45) is 3.13. The van der Waals surface area contributed by atoms with Gasteiger partial charge in [0.1, 0.15) is 12.1 Å². The van der Waals surface area contributed by atoms with Gasteiger partial charge in [-0.1, -0.05) is 24.3 Å². The van der Waals surface area contributed by atoms with E-state index in [1.807, 2.05) is 6.08 Å². The van der Waals surface area contributed by atoms with Crippen LogP contribution in [0.2, 0.25) is 0 Å². The molecule has 1 spiro atoms. The number of hydrogen-bond acceptors (Lipinski definition) is 6. The topological polar surface area (TPSA) is 102 Å². The Labute approximate surface area is 167 Å². The maximum absolute atomic E-state index is 13.0. The summed E-state index contributed by atoms with van der Waals surface area (Å²) in [5.41, 5.74) is 0.0792. The average Bonchev–Trinajstić information content (AvgIpc) is 3.30. The number of fused-ring (bicyclic) bond motifs is 1. The third-order valence-electron chi connectivity index (χ3n) is 5.64. The van der Waals surface area contributed by atoms with Crippen molar-refractivity contribution in [1.82, 2.24) is 4.90 Å². The fourth-order valence-corrected chi connectivity index (χ4v) is 4.42. The number of benzene rings is 1. The Morgan fingerprint density at radius 2 is 2.14 bits per heavy atom. The van der Waals surface area contributed by atoms with E-state index in [1.54, 1.807) is 37.3 Å². The number of amides is 2. The Morgan fingerprint density at radius 1 is 1.34 bits per heavy atom. The van der Waals surface area contributed by atoms with Crippen LogP contribution >= 0.6 is 0 Å². The van der Waals surface area contributed by atoms with Gasteiger partial charge in [0, 0.05) is 11.3 Å². The molecule has 2 unspecified atom stereocenters. The zero-order valence-corrected chi connectivity index (χ0v) is 16.2. The molecule has 2 amide bonds. The molecule has 152 valence electrons. The summed E-state index contributed by atoms with van der Waals surface area (Å²) in [5, 5.41) is 2.80. The van der Waals surface area contributed by atoms with E-state index in [0.29, 0.717) is 11.3 Å². The van der Waals surface area contributed by atoms with Gasteiger partial charge >= 0.3 is 5.97 Å². The minimum atomic E-state index is -0.891. The molecule has 3 heterocycles. The number of carbonyl (C=O) groups excluding carboxylic acids is 4. The predicted molar refractivity (Wildman–Crippen MR) is 102 cm³/mol. The number of nitrogens with one attached hydrogen (secondary N) is 1. The van der Waals surface area contributed by atoms with Gasteiger partial charge in [-0.2, -0.15) is 0 Å². The molecular formula is C21H22N2O6. The van der Waals surface area contributed by atoms with Crippen molar-refractivity contribution < 1.29 is 28.7 Å². The van der Waals surface area contributed by atoms with E-state index < -0.39 is 29.5 Å². The monoisotopic (exact) mass is 398 g/mol. The molecule has 4 atom stereocenters. The maximum atomic E-state index is 13.0. The molecule has 1 aromatic rings. The highest BCUT2D eigenvalue weighted by Gasteiger charge is 2.66. The summed E-state index contributed by atoms with van der Waals surface area (Å²) in [6, 6.07) is 6.65. The van der Waals surface area contributed by atoms with Crippen molar-refractivity contribution in [1.29, 1.82) is 0 Å². The van der Waals surface area contributed by atoms with Crippen LogP contribution in [0.3, 0.4) is 0 Å². The lowest BCUT2D eigenvalue weighted by molar-refractivity contribution is -0.148. The lowest BCUT2D eigenvalue weighted by atomic mass is 9.76. The van der Waals surface area contributed by atoms with Crippen LogP contribution in [0.4, 0.5) is 5.69 Å². The normalized spacial score (nSPS) is 29.1. The van der Waals surface area contributed by atoms with Crippen LogP contribution in [-0.4, -0.2) is 59.9 Å². The molecule has 1 aromatic carbocycles. The van der Waals surface area contributed by atoms with E-state index >= 15 is 0 Å². The second-order valence-electron chi connectivity index (χ2n) is 7.53. The number of esters is 1. The molecular weight excluding hydrogens is 376 g/mol. The van der Waals surface area contributed by atoms with E-state index in [4.69, 9.17) is 9.47 Å². The van der Waals surface area contributed by atoms with Gasteiger partial charge in [0.15, 0.2) is 5.78 Å². The molecule has 2 fully saturated rings. The number of ketones is 1. The van der Waals surface area contributed by atoms with Crippen molar-refractivity contribution in [2.75, 3.05) is 25.0 Å². The molecule has 0 radical (unpaired) electrons. The first-order chi connectivity index (χ1) is 13.8. The van der Waals surface area contributed by atoms with Crippen LogP contribution in [0.1, 0.15) is 24.2 Å². The molecule has 3 aliphatic heterocycles. The second-order valence-corrected chi connectivity index (χ2v) is 7.53. The van der Waals surface area contributed by atoms with E-state index in [-0.39, 0.29) is 37.3 Å². The van der Waals surface area contributed by atoms with Gasteiger partial charge < -0.3 is 19.7 Å². The Bertz CT molecular complexity index is 926. The van der Waals surface area contributed by atoms with Gasteiger partial charge in [-0.05, 0) is 26.0 Å². The van der Waals surface area contributed by atoms with Gasteiger partial charge in [-0.25, -0.2) is 0 Å². The standard InChI is InChI=1S/C21H22N2O6/c1-3-28-16(25)10-23-11-21-8-7-15(29-21)17(18(21)20(23)27)19(26)22-14-6-4-5-13(9-14)12(2)24/h4-9,15,17-18H,3,10-11H2,1-2H3,(H,22,26)/t15-,17?,18-,21?/m0/s1.